The van der Waals surface area contributed by atoms with Gasteiger partial charge < -0.3 is 10.6 Å². The van der Waals surface area contributed by atoms with Crippen LogP contribution in [0, 0.1) is 0 Å². The van der Waals surface area contributed by atoms with Crippen molar-refractivity contribution in [2.24, 2.45) is 0 Å². The molecule has 4 nitrogen and oxygen atoms in total. The molecule has 1 amide bonds. The summed E-state index contributed by atoms with van der Waals surface area (Å²) in [5.41, 5.74) is 0.487. The molecule has 6 heteroatoms. The van der Waals surface area contributed by atoms with Crippen molar-refractivity contribution in [2.45, 2.75) is 0 Å². The largest absolute Gasteiger partial charge is 0.322 e. The van der Waals surface area contributed by atoms with Crippen molar-refractivity contribution in [3.8, 4) is 0 Å². The Labute approximate surface area is 107 Å². The molecule has 1 heterocycles. The van der Waals surface area contributed by atoms with Gasteiger partial charge in [0.05, 0.1) is 12.2 Å². The van der Waals surface area contributed by atoms with Crippen LogP contribution in [-0.2, 0) is 4.79 Å². The van der Waals surface area contributed by atoms with Crippen LogP contribution in [0.2, 0.25) is 5.15 Å². The lowest BCUT2D eigenvalue weighted by Crippen LogP contribution is -2.28. The molecule has 0 aromatic carbocycles. The molecule has 0 unspecified atom stereocenters. The fourth-order valence-corrected chi connectivity index (χ4v) is 1.47. The van der Waals surface area contributed by atoms with Crippen LogP contribution in [0.5, 0.6) is 0 Å². The van der Waals surface area contributed by atoms with E-state index >= 15 is 0 Å². The van der Waals surface area contributed by atoms with E-state index in [1.165, 1.54) is 0 Å². The zero-order valence-corrected chi connectivity index (χ0v) is 10.8. The first-order valence-electron chi connectivity index (χ1n) is 4.56. The summed E-state index contributed by atoms with van der Waals surface area (Å²) < 4.78 is 0.756. The fourth-order valence-electron chi connectivity index (χ4n) is 0.992. The highest BCUT2D eigenvalue weighted by atomic mass is 79.9. The first-order valence-corrected chi connectivity index (χ1v) is 5.73. The van der Waals surface area contributed by atoms with Crippen molar-refractivity contribution in [2.75, 3.05) is 18.4 Å². The van der Waals surface area contributed by atoms with Crippen LogP contribution < -0.4 is 10.6 Å². The molecule has 0 atom stereocenters. The van der Waals surface area contributed by atoms with Gasteiger partial charge in [0.1, 0.15) is 0 Å². The van der Waals surface area contributed by atoms with Gasteiger partial charge in [-0.15, -0.1) is 6.58 Å². The van der Waals surface area contributed by atoms with Gasteiger partial charge in [-0.25, -0.2) is 4.98 Å². The number of nitrogens with one attached hydrogen (secondary N) is 2. The van der Waals surface area contributed by atoms with Gasteiger partial charge in [0, 0.05) is 17.2 Å². The number of amides is 1. The quantitative estimate of drug-likeness (QED) is 0.498. The fraction of sp³-hybridized carbons (Fsp3) is 0.200. The van der Waals surface area contributed by atoms with Crippen molar-refractivity contribution >= 4 is 39.1 Å². The number of pyridine rings is 1. The summed E-state index contributed by atoms with van der Waals surface area (Å²) in [6, 6.07) is 1.70. The standard InChI is InChI=1S/C10H11BrClN3O/c1-2-3-13-6-9(16)15-8-4-7(11)5-14-10(8)12/h2,4-5,13H,1,3,6H2,(H,15,16). The molecule has 2 N–H and O–H groups in total. The number of nitrogens with zero attached hydrogens (tertiary/aromatic N) is 1. The second-order valence-corrected chi connectivity index (χ2v) is 4.23. The number of anilines is 1. The molecule has 0 bridgehead atoms. The molecule has 0 spiro atoms. The summed E-state index contributed by atoms with van der Waals surface area (Å²) in [5, 5.41) is 5.80. The van der Waals surface area contributed by atoms with Crippen molar-refractivity contribution in [3.05, 3.63) is 34.5 Å². The average Bonchev–Trinajstić information content (AvgIpc) is 2.24. The van der Waals surface area contributed by atoms with Gasteiger partial charge >= 0.3 is 0 Å². The van der Waals surface area contributed by atoms with E-state index in [0.29, 0.717) is 12.2 Å². The van der Waals surface area contributed by atoms with Crippen LogP contribution in [0.1, 0.15) is 0 Å². The topological polar surface area (TPSA) is 54.0 Å². The zero-order chi connectivity index (χ0) is 12.0. The molecule has 1 rings (SSSR count). The second kappa shape index (κ2) is 6.62. The molecule has 16 heavy (non-hydrogen) atoms. The summed E-state index contributed by atoms with van der Waals surface area (Å²) in [6.07, 6.45) is 3.24. The monoisotopic (exact) mass is 303 g/mol. The molecule has 1 aromatic rings. The highest BCUT2D eigenvalue weighted by molar-refractivity contribution is 9.10. The Morgan fingerprint density at radius 2 is 2.44 bits per heavy atom. The maximum absolute atomic E-state index is 11.4. The summed E-state index contributed by atoms with van der Waals surface area (Å²) in [5.74, 6) is -0.177. The lowest BCUT2D eigenvalue weighted by molar-refractivity contribution is -0.115. The molecule has 0 radical (unpaired) electrons. The smallest absolute Gasteiger partial charge is 0.238 e. The van der Waals surface area contributed by atoms with Crippen molar-refractivity contribution in [1.82, 2.24) is 10.3 Å². The van der Waals surface area contributed by atoms with Gasteiger partial charge in [0.2, 0.25) is 5.91 Å². The number of carbonyl (C=O) groups is 1. The first-order chi connectivity index (χ1) is 7.63. The third kappa shape index (κ3) is 4.30. The molecule has 86 valence electrons. The minimum absolute atomic E-state index is 0.177. The minimum atomic E-state index is -0.177. The second-order valence-electron chi connectivity index (χ2n) is 2.96. The summed E-state index contributed by atoms with van der Waals surface area (Å²) in [6.45, 7) is 4.32. The van der Waals surface area contributed by atoms with E-state index in [2.05, 4.69) is 38.1 Å². The van der Waals surface area contributed by atoms with Crippen LogP contribution in [0.15, 0.2) is 29.4 Å². The van der Waals surface area contributed by atoms with E-state index < -0.39 is 0 Å². The highest BCUT2D eigenvalue weighted by Crippen LogP contribution is 2.22. The Morgan fingerprint density at radius 3 is 3.12 bits per heavy atom. The number of aromatic nitrogens is 1. The van der Waals surface area contributed by atoms with E-state index in [1.54, 1.807) is 18.3 Å². The predicted molar refractivity (Wildman–Crippen MR) is 68.6 cm³/mol. The molecule has 0 aliphatic carbocycles. The Hall–Kier alpha value is -0.910. The van der Waals surface area contributed by atoms with Crippen molar-refractivity contribution < 1.29 is 4.79 Å². The van der Waals surface area contributed by atoms with Gasteiger partial charge in [-0.3, -0.25) is 4.79 Å². The lowest BCUT2D eigenvalue weighted by Gasteiger charge is -2.07. The van der Waals surface area contributed by atoms with E-state index in [0.717, 1.165) is 4.47 Å². The third-order valence-corrected chi connectivity index (χ3v) is 2.39. The van der Waals surface area contributed by atoms with Crippen LogP contribution in [0.4, 0.5) is 5.69 Å². The maximum Gasteiger partial charge on any atom is 0.238 e. The molecule has 0 saturated heterocycles. The van der Waals surface area contributed by atoms with Crippen LogP contribution in [0.25, 0.3) is 0 Å². The van der Waals surface area contributed by atoms with E-state index in [4.69, 9.17) is 11.6 Å². The Morgan fingerprint density at radius 1 is 1.69 bits per heavy atom. The Kier molecular flexibility index (Phi) is 5.45. The number of hydrogen-bond acceptors (Lipinski definition) is 3. The van der Waals surface area contributed by atoms with Crippen LogP contribution in [0.3, 0.4) is 0 Å². The predicted octanol–water partition coefficient (Wildman–Crippen LogP) is 2.21. The van der Waals surface area contributed by atoms with E-state index in [9.17, 15) is 4.79 Å². The lowest BCUT2D eigenvalue weighted by atomic mass is 10.4. The van der Waals surface area contributed by atoms with Gasteiger partial charge in [-0.2, -0.15) is 0 Å². The van der Waals surface area contributed by atoms with Gasteiger partial charge in [0.15, 0.2) is 5.15 Å². The number of hydrogen-bond donors (Lipinski definition) is 2. The normalized spacial score (nSPS) is 9.88. The van der Waals surface area contributed by atoms with Gasteiger partial charge in [-0.05, 0) is 22.0 Å². The molecular formula is C10H11BrClN3O. The molecular weight excluding hydrogens is 293 g/mol. The van der Waals surface area contributed by atoms with Gasteiger partial charge in [0.25, 0.3) is 0 Å². The highest BCUT2D eigenvalue weighted by Gasteiger charge is 2.06. The maximum atomic E-state index is 11.4. The first kappa shape index (κ1) is 13.2. The summed E-state index contributed by atoms with van der Waals surface area (Å²) >= 11 is 9.07. The van der Waals surface area contributed by atoms with E-state index in [-0.39, 0.29) is 17.6 Å². The number of rotatable bonds is 5. The van der Waals surface area contributed by atoms with Crippen molar-refractivity contribution in [1.29, 1.82) is 0 Å². The summed E-state index contributed by atoms with van der Waals surface area (Å²) in [4.78, 5) is 15.3. The van der Waals surface area contributed by atoms with Gasteiger partial charge in [-0.1, -0.05) is 17.7 Å². The van der Waals surface area contributed by atoms with E-state index in [1.807, 2.05) is 0 Å². The SMILES string of the molecule is C=CCNCC(=O)Nc1cc(Br)cnc1Cl. The molecule has 1 aromatic heterocycles. The third-order valence-electron chi connectivity index (χ3n) is 1.65. The zero-order valence-electron chi connectivity index (χ0n) is 8.46. The minimum Gasteiger partial charge on any atom is -0.322 e. The Bertz CT molecular complexity index is 398. The Balaban J connectivity index is 2.55. The van der Waals surface area contributed by atoms with Crippen molar-refractivity contribution in [3.63, 3.8) is 0 Å². The van der Waals surface area contributed by atoms with Crippen LogP contribution >= 0.6 is 27.5 Å². The molecule has 0 fully saturated rings. The number of carbonyl (C=O) groups excluding carboxylic acids is 1. The molecule has 0 aliphatic heterocycles. The number of halogens is 2. The molecule has 0 aliphatic rings. The van der Waals surface area contributed by atoms with Crippen LogP contribution in [-0.4, -0.2) is 24.0 Å². The summed E-state index contributed by atoms with van der Waals surface area (Å²) in [7, 11) is 0. The molecule has 0 saturated carbocycles. The average molecular weight is 305 g/mol.